The molecular weight excluding hydrogens is 556 g/mol. The predicted molar refractivity (Wildman–Crippen MR) is 152 cm³/mol. The van der Waals surface area contributed by atoms with E-state index in [1.807, 2.05) is 6.92 Å². The van der Waals surface area contributed by atoms with Crippen molar-refractivity contribution in [1.82, 2.24) is 0 Å². The average molecular weight is 607 g/mol. The lowest BCUT2D eigenvalue weighted by atomic mass is 9.32. The molecule has 0 spiro atoms. The highest BCUT2D eigenvalue weighted by Crippen LogP contribution is 2.78. The molecule has 0 bridgehead atoms. The van der Waals surface area contributed by atoms with E-state index < -0.39 is 58.3 Å². The first-order valence-corrected chi connectivity index (χ1v) is 16.0. The van der Waals surface area contributed by atoms with Crippen LogP contribution in [0.3, 0.4) is 0 Å². The summed E-state index contributed by atoms with van der Waals surface area (Å²) in [4.78, 5) is 39.5. The SMILES string of the molecule is COC(=O)[C@@]12O[C@@H]1C(C)C[C@@]1(O)C3CC[C@]4(C)C(CC[C@@]5(C(C)OC)COC[C@H]54)[C@@]3(C)[C@H](OC(C)=O)[C@H](OC(C)=O)[C@]12C. The summed E-state index contributed by atoms with van der Waals surface area (Å²) < 4.78 is 36.2. The van der Waals surface area contributed by atoms with Gasteiger partial charge in [-0.2, -0.15) is 0 Å². The lowest BCUT2D eigenvalue weighted by Gasteiger charge is -2.73. The Labute approximate surface area is 254 Å². The molecule has 0 aromatic heterocycles. The van der Waals surface area contributed by atoms with Crippen molar-refractivity contribution in [2.75, 3.05) is 27.4 Å². The van der Waals surface area contributed by atoms with Gasteiger partial charge in [-0.15, -0.1) is 0 Å². The molecule has 4 saturated carbocycles. The van der Waals surface area contributed by atoms with Crippen molar-refractivity contribution in [2.45, 2.75) is 116 Å². The number of ether oxygens (including phenoxy) is 6. The second-order valence-electron chi connectivity index (χ2n) is 15.4. The van der Waals surface area contributed by atoms with Gasteiger partial charge in [-0.1, -0.05) is 20.8 Å². The molecule has 0 amide bonds. The number of aliphatic hydroxyl groups is 1. The fraction of sp³-hybridized carbons (Fsp3) is 0.909. The van der Waals surface area contributed by atoms with Gasteiger partial charge >= 0.3 is 17.9 Å². The Hall–Kier alpha value is -1.75. The summed E-state index contributed by atoms with van der Waals surface area (Å²) in [7, 11) is 3.06. The van der Waals surface area contributed by atoms with Gasteiger partial charge in [-0.25, -0.2) is 4.79 Å². The van der Waals surface area contributed by atoms with Crippen molar-refractivity contribution < 1.29 is 47.9 Å². The number of esters is 3. The molecule has 2 aliphatic heterocycles. The number of rotatable bonds is 5. The molecule has 10 nitrogen and oxygen atoms in total. The smallest absolute Gasteiger partial charge is 0.341 e. The van der Waals surface area contributed by atoms with E-state index in [4.69, 9.17) is 28.4 Å². The van der Waals surface area contributed by atoms with Crippen LogP contribution in [0.2, 0.25) is 0 Å². The normalized spacial score (nSPS) is 53.6. The van der Waals surface area contributed by atoms with E-state index >= 15 is 0 Å². The Kier molecular flexibility index (Phi) is 7.00. The van der Waals surface area contributed by atoms with Gasteiger partial charge in [0.15, 0.2) is 6.10 Å². The standard InChI is InChI=1S/C33H50O10/c1-17-14-32(37)22-10-12-28(5)21(11-13-31(18(2)38-8)16-40-15-23(28)31)29(22,6)25(41-19(3)34)26(42-20(4)35)30(32,7)33(24(17)43-33)27(36)39-9/h17-18,21-26,37H,10-16H2,1-9H3/t17?,18?,21?,22?,23-,24+,25+,26-,28+,29+,30+,31-,32+,33-/m0/s1. The van der Waals surface area contributed by atoms with Crippen LogP contribution in [0.4, 0.5) is 0 Å². The summed E-state index contributed by atoms with van der Waals surface area (Å²) in [5, 5.41) is 13.3. The first kappa shape index (κ1) is 31.2. The second kappa shape index (κ2) is 9.63. The van der Waals surface area contributed by atoms with Gasteiger partial charge in [-0.05, 0) is 75.0 Å². The minimum absolute atomic E-state index is 0.000780. The van der Waals surface area contributed by atoms with Gasteiger partial charge in [0.2, 0.25) is 5.60 Å². The Morgan fingerprint density at radius 2 is 1.56 bits per heavy atom. The molecule has 4 aliphatic carbocycles. The summed E-state index contributed by atoms with van der Waals surface area (Å²) in [6, 6.07) is 0. The van der Waals surface area contributed by atoms with Crippen molar-refractivity contribution in [3.05, 3.63) is 0 Å². The zero-order valence-corrected chi connectivity index (χ0v) is 27.2. The Balaban J connectivity index is 1.57. The first-order valence-electron chi connectivity index (χ1n) is 16.0. The van der Waals surface area contributed by atoms with Gasteiger partial charge < -0.3 is 33.5 Å². The van der Waals surface area contributed by atoms with E-state index in [1.54, 1.807) is 14.0 Å². The highest BCUT2D eigenvalue weighted by atomic mass is 16.7. The Morgan fingerprint density at radius 3 is 2.16 bits per heavy atom. The van der Waals surface area contributed by atoms with Crippen molar-refractivity contribution in [3.8, 4) is 0 Å². The lowest BCUT2D eigenvalue weighted by Crippen LogP contribution is -2.82. The number of carbonyl (C=O) groups is 3. The molecule has 43 heavy (non-hydrogen) atoms. The zero-order chi connectivity index (χ0) is 31.5. The van der Waals surface area contributed by atoms with E-state index in [9.17, 15) is 19.5 Å². The molecule has 14 atom stereocenters. The van der Waals surface area contributed by atoms with Crippen LogP contribution in [0.5, 0.6) is 0 Å². The largest absolute Gasteiger partial charge is 0.467 e. The summed E-state index contributed by atoms with van der Waals surface area (Å²) >= 11 is 0. The second-order valence-corrected chi connectivity index (χ2v) is 15.4. The molecule has 6 rings (SSSR count). The van der Waals surface area contributed by atoms with Crippen LogP contribution >= 0.6 is 0 Å². The van der Waals surface area contributed by atoms with Crippen molar-refractivity contribution in [3.63, 3.8) is 0 Å². The van der Waals surface area contributed by atoms with Crippen LogP contribution in [-0.4, -0.2) is 86.1 Å². The monoisotopic (exact) mass is 606 g/mol. The third-order valence-electron chi connectivity index (χ3n) is 14.1. The molecule has 10 heteroatoms. The maximum Gasteiger partial charge on any atom is 0.341 e. The van der Waals surface area contributed by atoms with Gasteiger partial charge in [0, 0.05) is 31.8 Å². The fourth-order valence-electron chi connectivity index (χ4n) is 12.2. The lowest BCUT2D eigenvalue weighted by molar-refractivity contribution is -0.341. The third-order valence-corrected chi connectivity index (χ3v) is 14.1. The van der Waals surface area contributed by atoms with Crippen molar-refractivity contribution >= 4 is 17.9 Å². The van der Waals surface area contributed by atoms with Crippen LogP contribution < -0.4 is 0 Å². The minimum atomic E-state index is -1.54. The maximum absolute atomic E-state index is 13.7. The molecule has 2 heterocycles. The fourth-order valence-corrected chi connectivity index (χ4v) is 12.2. The molecule has 0 aromatic carbocycles. The topological polar surface area (TPSA) is 130 Å². The minimum Gasteiger partial charge on any atom is -0.467 e. The van der Waals surface area contributed by atoms with Crippen LogP contribution in [0.1, 0.15) is 80.6 Å². The molecule has 6 aliphatic rings. The van der Waals surface area contributed by atoms with E-state index in [1.165, 1.54) is 21.0 Å². The Morgan fingerprint density at radius 1 is 0.930 bits per heavy atom. The Bertz CT molecular complexity index is 1210. The summed E-state index contributed by atoms with van der Waals surface area (Å²) in [6.45, 7) is 14.3. The summed E-state index contributed by atoms with van der Waals surface area (Å²) in [5.41, 5.74) is -5.62. The summed E-state index contributed by atoms with van der Waals surface area (Å²) in [5.74, 6) is -2.01. The van der Waals surface area contributed by atoms with Crippen molar-refractivity contribution in [2.24, 2.45) is 45.3 Å². The number of methoxy groups -OCH3 is 2. The molecule has 2 saturated heterocycles. The first-order chi connectivity index (χ1) is 20.1. The molecule has 6 fully saturated rings. The van der Waals surface area contributed by atoms with E-state index in [0.29, 0.717) is 26.1 Å². The maximum atomic E-state index is 13.7. The van der Waals surface area contributed by atoms with Crippen LogP contribution in [0.25, 0.3) is 0 Å². The van der Waals surface area contributed by atoms with Gasteiger partial charge in [0.1, 0.15) is 12.2 Å². The average Bonchev–Trinajstić information content (AvgIpc) is 3.57. The van der Waals surface area contributed by atoms with Crippen LogP contribution in [0.15, 0.2) is 0 Å². The number of hydrogen-bond acceptors (Lipinski definition) is 10. The van der Waals surface area contributed by atoms with E-state index in [0.717, 1.165) is 19.3 Å². The molecule has 0 radical (unpaired) electrons. The predicted octanol–water partition coefficient (Wildman–Crippen LogP) is 3.45. The molecule has 4 unspecified atom stereocenters. The van der Waals surface area contributed by atoms with Gasteiger partial charge in [0.25, 0.3) is 0 Å². The number of carbonyl (C=O) groups excluding carboxylic acids is 3. The van der Waals surface area contributed by atoms with Crippen LogP contribution in [0, 0.1) is 45.3 Å². The van der Waals surface area contributed by atoms with E-state index in [-0.39, 0.29) is 40.6 Å². The third kappa shape index (κ3) is 3.53. The van der Waals surface area contributed by atoms with Crippen LogP contribution in [-0.2, 0) is 42.8 Å². The number of hydrogen-bond donors (Lipinski definition) is 1. The highest BCUT2D eigenvalue weighted by Gasteiger charge is 2.90. The summed E-state index contributed by atoms with van der Waals surface area (Å²) in [6.07, 6.45) is 0.920. The van der Waals surface area contributed by atoms with Gasteiger partial charge in [-0.3, -0.25) is 9.59 Å². The number of epoxide rings is 1. The van der Waals surface area contributed by atoms with Crippen molar-refractivity contribution in [1.29, 1.82) is 0 Å². The highest BCUT2D eigenvalue weighted by molar-refractivity contribution is 5.86. The zero-order valence-electron chi connectivity index (χ0n) is 27.2. The van der Waals surface area contributed by atoms with E-state index in [2.05, 4.69) is 20.8 Å². The molecule has 242 valence electrons. The molecule has 0 aromatic rings. The van der Waals surface area contributed by atoms with Gasteiger partial charge in [0.05, 0.1) is 37.4 Å². The number of fused-ring (bicyclic) bond motifs is 9. The molecule has 1 N–H and O–H groups in total. The molecular formula is C33H50O10. The quantitative estimate of drug-likeness (QED) is 0.282.